The molecule has 1 saturated carbocycles. The molecular weight excluding hydrogens is 242 g/mol. The molecule has 112 valence electrons. The van der Waals surface area contributed by atoms with Crippen molar-refractivity contribution in [3.63, 3.8) is 0 Å². The molecule has 2 rings (SSSR count). The molecule has 1 aromatic rings. The number of rotatable bonds is 5. The van der Waals surface area contributed by atoms with Crippen molar-refractivity contribution in [2.24, 2.45) is 11.8 Å². The first kappa shape index (κ1) is 15.6. The Kier molecular flexibility index (Phi) is 5.65. The third kappa shape index (κ3) is 3.63. The number of hydrogen-bond donors (Lipinski definition) is 1. The van der Waals surface area contributed by atoms with Gasteiger partial charge in [-0.2, -0.15) is 0 Å². The minimum absolute atomic E-state index is 0.539. The fraction of sp³-hybridized carbons (Fsp3) is 0.684. The highest BCUT2D eigenvalue weighted by Crippen LogP contribution is 2.39. The molecule has 0 bridgehead atoms. The number of benzene rings is 1. The van der Waals surface area contributed by atoms with Crippen LogP contribution in [0.15, 0.2) is 18.2 Å². The van der Waals surface area contributed by atoms with Crippen LogP contribution in [0.3, 0.4) is 0 Å². The van der Waals surface area contributed by atoms with Gasteiger partial charge >= 0.3 is 0 Å². The van der Waals surface area contributed by atoms with Gasteiger partial charge in [0.2, 0.25) is 0 Å². The molecule has 20 heavy (non-hydrogen) atoms. The molecule has 1 heteroatoms. The molecule has 1 aromatic carbocycles. The van der Waals surface area contributed by atoms with Gasteiger partial charge < -0.3 is 5.32 Å². The predicted octanol–water partition coefficient (Wildman–Crippen LogP) is 5.17. The van der Waals surface area contributed by atoms with E-state index in [9.17, 15) is 0 Å². The summed E-state index contributed by atoms with van der Waals surface area (Å²) < 4.78 is 0. The second kappa shape index (κ2) is 7.26. The molecule has 0 saturated heterocycles. The molecule has 1 nitrogen and oxygen atoms in total. The van der Waals surface area contributed by atoms with Crippen molar-refractivity contribution >= 4 is 0 Å². The Balaban J connectivity index is 2.07. The van der Waals surface area contributed by atoms with Crippen LogP contribution in [0.4, 0.5) is 0 Å². The minimum atomic E-state index is 0.539. The second-order valence-corrected chi connectivity index (χ2v) is 6.70. The lowest BCUT2D eigenvalue weighted by atomic mass is 9.75. The lowest BCUT2D eigenvalue weighted by molar-refractivity contribution is 0.219. The van der Waals surface area contributed by atoms with Gasteiger partial charge in [0, 0.05) is 6.04 Å². The molecule has 1 unspecified atom stereocenters. The van der Waals surface area contributed by atoms with Crippen LogP contribution in [-0.4, -0.2) is 7.05 Å². The van der Waals surface area contributed by atoms with Gasteiger partial charge in [0.15, 0.2) is 0 Å². The normalized spacial score (nSPS) is 24.6. The molecule has 1 fully saturated rings. The van der Waals surface area contributed by atoms with E-state index in [1.54, 1.807) is 0 Å². The summed E-state index contributed by atoms with van der Waals surface area (Å²) in [6.45, 7) is 6.77. The van der Waals surface area contributed by atoms with E-state index in [4.69, 9.17) is 0 Å². The van der Waals surface area contributed by atoms with E-state index >= 15 is 0 Å². The van der Waals surface area contributed by atoms with Crippen LogP contribution < -0.4 is 5.32 Å². The van der Waals surface area contributed by atoms with E-state index in [-0.39, 0.29) is 0 Å². The van der Waals surface area contributed by atoms with E-state index in [0.717, 1.165) is 11.8 Å². The third-order valence-corrected chi connectivity index (χ3v) is 5.14. The SMILES string of the molecule is CCCC1CCC(C(NC)c2cc(C)ccc2C)CC1. The van der Waals surface area contributed by atoms with Crippen molar-refractivity contribution in [1.82, 2.24) is 5.32 Å². The molecule has 0 aliphatic heterocycles. The van der Waals surface area contributed by atoms with Gasteiger partial charge in [-0.3, -0.25) is 0 Å². The van der Waals surface area contributed by atoms with Crippen molar-refractivity contribution in [1.29, 1.82) is 0 Å². The molecule has 1 atom stereocenters. The zero-order valence-corrected chi connectivity index (χ0v) is 13.7. The van der Waals surface area contributed by atoms with Crippen molar-refractivity contribution in [3.8, 4) is 0 Å². The van der Waals surface area contributed by atoms with Crippen LogP contribution in [0.25, 0.3) is 0 Å². The fourth-order valence-electron chi connectivity index (χ4n) is 3.96. The molecule has 0 spiro atoms. The average Bonchev–Trinajstić information content (AvgIpc) is 2.45. The van der Waals surface area contributed by atoms with E-state index < -0.39 is 0 Å². The van der Waals surface area contributed by atoms with Gasteiger partial charge in [-0.25, -0.2) is 0 Å². The number of hydrogen-bond acceptors (Lipinski definition) is 1. The van der Waals surface area contributed by atoms with Crippen LogP contribution >= 0.6 is 0 Å². The van der Waals surface area contributed by atoms with Gasteiger partial charge in [0.1, 0.15) is 0 Å². The Labute approximate surface area is 125 Å². The van der Waals surface area contributed by atoms with Crippen molar-refractivity contribution in [2.75, 3.05) is 7.05 Å². The highest BCUT2D eigenvalue weighted by Gasteiger charge is 2.28. The molecule has 0 amide bonds. The summed E-state index contributed by atoms with van der Waals surface area (Å²) in [6.07, 6.45) is 8.43. The summed E-state index contributed by atoms with van der Waals surface area (Å²) in [7, 11) is 2.13. The largest absolute Gasteiger partial charge is 0.313 e. The standard InChI is InChI=1S/C19H31N/c1-5-6-16-9-11-17(12-10-16)19(20-4)18-13-14(2)7-8-15(18)3/h7-8,13,16-17,19-20H,5-6,9-12H2,1-4H3. The first-order valence-corrected chi connectivity index (χ1v) is 8.40. The first-order valence-electron chi connectivity index (χ1n) is 8.40. The van der Waals surface area contributed by atoms with E-state index in [1.807, 2.05) is 0 Å². The zero-order chi connectivity index (χ0) is 14.5. The topological polar surface area (TPSA) is 12.0 Å². The van der Waals surface area contributed by atoms with E-state index in [1.165, 1.54) is 55.2 Å². The molecule has 1 aliphatic rings. The number of aryl methyl sites for hydroxylation is 2. The van der Waals surface area contributed by atoms with Crippen LogP contribution in [0, 0.1) is 25.7 Å². The molecule has 1 N–H and O–H groups in total. The lowest BCUT2D eigenvalue weighted by Gasteiger charge is -2.35. The zero-order valence-electron chi connectivity index (χ0n) is 13.7. The van der Waals surface area contributed by atoms with Gasteiger partial charge in [0.25, 0.3) is 0 Å². The van der Waals surface area contributed by atoms with Gasteiger partial charge in [-0.15, -0.1) is 0 Å². The summed E-state index contributed by atoms with van der Waals surface area (Å²) in [5, 5.41) is 3.60. The van der Waals surface area contributed by atoms with Crippen molar-refractivity contribution in [2.45, 2.75) is 65.3 Å². The first-order chi connectivity index (χ1) is 9.65. The highest BCUT2D eigenvalue weighted by molar-refractivity contribution is 5.33. The quantitative estimate of drug-likeness (QED) is 0.780. The second-order valence-electron chi connectivity index (χ2n) is 6.70. The summed E-state index contributed by atoms with van der Waals surface area (Å²) in [5.41, 5.74) is 4.34. The average molecular weight is 273 g/mol. The Morgan fingerprint density at radius 3 is 2.45 bits per heavy atom. The Bertz CT molecular complexity index is 416. The van der Waals surface area contributed by atoms with E-state index in [2.05, 4.69) is 51.3 Å². The molecule has 0 radical (unpaired) electrons. The molecular formula is C19H31N. The Hall–Kier alpha value is -0.820. The van der Waals surface area contributed by atoms with Crippen LogP contribution in [0.2, 0.25) is 0 Å². The van der Waals surface area contributed by atoms with Gasteiger partial charge in [-0.05, 0) is 56.7 Å². The monoisotopic (exact) mass is 273 g/mol. The van der Waals surface area contributed by atoms with Crippen molar-refractivity contribution in [3.05, 3.63) is 34.9 Å². The lowest BCUT2D eigenvalue weighted by Crippen LogP contribution is -2.29. The summed E-state index contributed by atoms with van der Waals surface area (Å²) in [6, 6.07) is 7.42. The van der Waals surface area contributed by atoms with Crippen LogP contribution in [0.1, 0.15) is 68.2 Å². The predicted molar refractivity (Wildman–Crippen MR) is 88.1 cm³/mol. The maximum Gasteiger partial charge on any atom is 0.0348 e. The third-order valence-electron chi connectivity index (χ3n) is 5.14. The van der Waals surface area contributed by atoms with Crippen LogP contribution in [-0.2, 0) is 0 Å². The van der Waals surface area contributed by atoms with Crippen LogP contribution in [0.5, 0.6) is 0 Å². The summed E-state index contributed by atoms with van der Waals surface area (Å²) in [5.74, 6) is 1.81. The molecule has 1 aliphatic carbocycles. The minimum Gasteiger partial charge on any atom is -0.313 e. The smallest absolute Gasteiger partial charge is 0.0348 e. The fourth-order valence-corrected chi connectivity index (χ4v) is 3.96. The Morgan fingerprint density at radius 1 is 1.15 bits per heavy atom. The molecule has 0 heterocycles. The Morgan fingerprint density at radius 2 is 1.85 bits per heavy atom. The highest BCUT2D eigenvalue weighted by atomic mass is 14.9. The van der Waals surface area contributed by atoms with Crippen molar-refractivity contribution < 1.29 is 0 Å². The maximum atomic E-state index is 3.60. The van der Waals surface area contributed by atoms with Gasteiger partial charge in [-0.1, -0.05) is 56.4 Å². The van der Waals surface area contributed by atoms with E-state index in [0.29, 0.717) is 6.04 Å². The maximum absolute atomic E-state index is 3.60. The molecule has 0 aromatic heterocycles. The van der Waals surface area contributed by atoms with Gasteiger partial charge in [0.05, 0.1) is 0 Å². The summed E-state index contributed by atoms with van der Waals surface area (Å²) >= 11 is 0. The number of nitrogens with one attached hydrogen (secondary N) is 1. The summed E-state index contributed by atoms with van der Waals surface area (Å²) in [4.78, 5) is 0.